The molecular weight excluding hydrogens is 336 g/mol. The third-order valence-corrected chi connectivity index (χ3v) is 5.55. The van der Waals surface area contributed by atoms with E-state index in [4.69, 9.17) is 5.73 Å². The SMILES string of the molecule is Cc1ccc(C(N)=O)cc1-c1ccc2c(N3CCCC[C@H]3C)nncc2c1. The van der Waals surface area contributed by atoms with Crippen LogP contribution in [-0.4, -0.2) is 28.7 Å². The predicted octanol–water partition coefficient (Wildman–Crippen LogP) is 4.08. The standard InChI is InChI=1S/C22H24N4O/c1-14-6-7-17(21(23)27)12-20(14)16-8-9-19-18(11-16)13-24-25-22(19)26-10-4-3-5-15(26)2/h6-9,11-13,15H,3-5,10H2,1-2H3,(H2,23,27)/t15-/m1/s1. The van der Waals surface area contributed by atoms with Crippen molar-refractivity contribution in [1.82, 2.24) is 10.2 Å². The maximum atomic E-state index is 11.6. The monoisotopic (exact) mass is 360 g/mol. The van der Waals surface area contributed by atoms with E-state index in [9.17, 15) is 4.79 Å². The molecule has 0 saturated carbocycles. The number of nitrogens with two attached hydrogens (primary N) is 1. The van der Waals surface area contributed by atoms with Crippen molar-refractivity contribution >= 4 is 22.5 Å². The van der Waals surface area contributed by atoms with Gasteiger partial charge in [-0.15, -0.1) is 5.10 Å². The zero-order valence-electron chi connectivity index (χ0n) is 15.8. The number of aromatic nitrogens is 2. The van der Waals surface area contributed by atoms with Crippen LogP contribution >= 0.6 is 0 Å². The van der Waals surface area contributed by atoms with Crippen LogP contribution in [0, 0.1) is 6.92 Å². The van der Waals surface area contributed by atoms with Gasteiger partial charge in [-0.1, -0.05) is 12.1 Å². The van der Waals surface area contributed by atoms with E-state index in [1.54, 1.807) is 6.07 Å². The largest absolute Gasteiger partial charge is 0.366 e. The summed E-state index contributed by atoms with van der Waals surface area (Å²) in [5, 5.41) is 10.9. The summed E-state index contributed by atoms with van der Waals surface area (Å²) >= 11 is 0. The summed E-state index contributed by atoms with van der Waals surface area (Å²) < 4.78 is 0. The number of primary amides is 1. The summed E-state index contributed by atoms with van der Waals surface area (Å²) in [6.45, 7) is 5.32. The summed E-state index contributed by atoms with van der Waals surface area (Å²) in [5.41, 5.74) is 9.14. The van der Waals surface area contributed by atoms with E-state index in [1.165, 1.54) is 19.3 Å². The summed E-state index contributed by atoms with van der Waals surface area (Å²) in [5.74, 6) is 0.554. The van der Waals surface area contributed by atoms with Crippen molar-refractivity contribution in [3.05, 3.63) is 53.7 Å². The van der Waals surface area contributed by atoms with Crippen molar-refractivity contribution in [1.29, 1.82) is 0 Å². The lowest BCUT2D eigenvalue weighted by molar-refractivity contribution is 0.100. The van der Waals surface area contributed by atoms with Gasteiger partial charge in [0.25, 0.3) is 0 Å². The molecule has 1 amide bonds. The highest BCUT2D eigenvalue weighted by Gasteiger charge is 2.22. The highest BCUT2D eigenvalue weighted by molar-refractivity contribution is 5.97. The number of fused-ring (bicyclic) bond motifs is 1. The van der Waals surface area contributed by atoms with Gasteiger partial charge in [-0.3, -0.25) is 4.79 Å². The number of aryl methyl sites for hydroxylation is 1. The van der Waals surface area contributed by atoms with Crippen LogP contribution in [0.4, 0.5) is 5.82 Å². The van der Waals surface area contributed by atoms with Crippen LogP contribution in [0.3, 0.4) is 0 Å². The van der Waals surface area contributed by atoms with Crippen molar-refractivity contribution in [2.75, 3.05) is 11.4 Å². The Balaban J connectivity index is 1.80. The number of carbonyl (C=O) groups excluding carboxylic acids is 1. The van der Waals surface area contributed by atoms with E-state index >= 15 is 0 Å². The average molecular weight is 360 g/mol. The Morgan fingerprint density at radius 3 is 2.81 bits per heavy atom. The molecule has 2 aromatic carbocycles. The van der Waals surface area contributed by atoms with Gasteiger partial charge < -0.3 is 10.6 Å². The van der Waals surface area contributed by atoms with Crippen LogP contribution in [-0.2, 0) is 0 Å². The van der Waals surface area contributed by atoms with Gasteiger partial charge in [0.1, 0.15) is 0 Å². The smallest absolute Gasteiger partial charge is 0.248 e. The molecule has 0 unspecified atom stereocenters. The maximum absolute atomic E-state index is 11.6. The highest BCUT2D eigenvalue weighted by Crippen LogP contribution is 2.33. The second-order valence-electron chi connectivity index (χ2n) is 7.40. The number of hydrogen-bond acceptors (Lipinski definition) is 4. The van der Waals surface area contributed by atoms with Crippen molar-refractivity contribution in [3.63, 3.8) is 0 Å². The van der Waals surface area contributed by atoms with Crippen molar-refractivity contribution < 1.29 is 4.79 Å². The van der Waals surface area contributed by atoms with Crippen LogP contribution in [0.5, 0.6) is 0 Å². The average Bonchev–Trinajstić information content (AvgIpc) is 2.68. The molecule has 1 aliphatic heterocycles. The number of amides is 1. The normalized spacial score (nSPS) is 17.3. The van der Waals surface area contributed by atoms with Gasteiger partial charge in [-0.2, -0.15) is 5.10 Å². The van der Waals surface area contributed by atoms with Crippen molar-refractivity contribution in [3.8, 4) is 11.1 Å². The number of piperidine rings is 1. The Morgan fingerprint density at radius 2 is 2.04 bits per heavy atom. The molecule has 0 aliphatic carbocycles. The summed E-state index contributed by atoms with van der Waals surface area (Å²) in [6.07, 6.45) is 5.47. The Bertz CT molecular complexity index is 1010. The molecule has 5 heteroatoms. The minimum Gasteiger partial charge on any atom is -0.366 e. The minimum atomic E-state index is -0.413. The number of nitrogens with zero attached hydrogens (tertiary/aromatic N) is 3. The minimum absolute atomic E-state index is 0.413. The molecular formula is C22H24N4O. The molecule has 4 rings (SSSR count). The first-order chi connectivity index (χ1) is 13.0. The quantitative estimate of drug-likeness (QED) is 0.764. The molecule has 0 radical (unpaired) electrons. The molecule has 5 nitrogen and oxygen atoms in total. The van der Waals surface area contributed by atoms with E-state index in [2.05, 4.69) is 40.2 Å². The Morgan fingerprint density at radius 1 is 1.19 bits per heavy atom. The first-order valence-electron chi connectivity index (χ1n) is 9.47. The molecule has 1 atom stereocenters. The van der Waals surface area contributed by atoms with E-state index in [-0.39, 0.29) is 0 Å². The number of benzene rings is 2. The fourth-order valence-corrected chi connectivity index (χ4v) is 3.95. The third-order valence-electron chi connectivity index (χ3n) is 5.55. The van der Waals surface area contributed by atoms with Crippen molar-refractivity contribution in [2.45, 2.75) is 39.2 Å². The molecule has 0 spiro atoms. The van der Waals surface area contributed by atoms with Gasteiger partial charge in [-0.05, 0) is 74.1 Å². The van der Waals surface area contributed by atoms with Crippen LogP contribution in [0.15, 0.2) is 42.6 Å². The Kier molecular flexibility index (Phi) is 4.52. The molecule has 1 fully saturated rings. The first kappa shape index (κ1) is 17.5. The maximum Gasteiger partial charge on any atom is 0.248 e. The van der Waals surface area contributed by atoms with Gasteiger partial charge in [0, 0.05) is 28.9 Å². The summed E-state index contributed by atoms with van der Waals surface area (Å²) in [6, 6.07) is 12.4. The number of carbonyl (C=O) groups is 1. The van der Waals surface area contributed by atoms with Crippen LogP contribution < -0.4 is 10.6 Å². The fourth-order valence-electron chi connectivity index (χ4n) is 3.95. The van der Waals surface area contributed by atoms with Crippen LogP contribution in [0.2, 0.25) is 0 Å². The van der Waals surface area contributed by atoms with E-state index in [0.29, 0.717) is 11.6 Å². The van der Waals surface area contributed by atoms with Crippen LogP contribution in [0.25, 0.3) is 21.9 Å². The van der Waals surface area contributed by atoms with Crippen LogP contribution in [0.1, 0.15) is 42.1 Å². The highest BCUT2D eigenvalue weighted by atomic mass is 16.1. The zero-order valence-corrected chi connectivity index (χ0v) is 15.8. The second kappa shape index (κ2) is 6.99. The molecule has 1 aliphatic rings. The van der Waals surface area contributed by atoms with Gasteiger partial charge in [0.05, 0.1) is 6.20 Å². The second-order valence-corrected chi connectivity index (χ2v) is 7.40. The molecule has 1 aromatic heterocycles. The first-order valence-corrected chi connectivity index (χ1v) is 9.47. The lowest BCUT2D eigenvalue weighted by atomic mass is 9.96. The number of hydrogen-bond donors (Lipinski definition) is 1. The Hall–Kier alpha value is -2.95. The molecule has 0 bridgehead atoms. The molecule has 138 valence electrons. The topological polar surface area (TPSA) is 72.1 Å². The lowest BCUT2D eigenvalue weighted by Crippen LogP contribution is -2.38. The molecule has 3 aromatic rings. The molecule has 2 N–H and O–H groups in total. The summed E-state index contributed by atoms with van der Waals surface area (Å²) in [7, 11) is 0. The van der Waals surface area contributed by atoms with Gasteiger partial charge in [0.15, 0.2) is 5.82 Å². The van der Waals surface area contributed by atoms with Gasteiger partial charge in [-0.25, -0.2) is 0 Å². The fraction of sp³-hybridized carbons (Fsp3) is 0.318. The van der Waals surface area contributed by atoms with E-state index in [0.717, 1.165) is 39.8 Å². The lowest BCUT2D eigenvalue weighted by Gasteiger charge is -2.34. The molecule has 2 heterocycles. The Labute approximate surface area is 159 Å². The van der Waals surface area contributed by atoms with Crippen molar-refractivity contribution in [2.24, 2.45) is 5.73 Å². The number of anilines is 1. The number of rotatable bonds is 3. The summed E-state index contributed by atoms with van der Waals surface area (Å²) in [4.78, 5) is 13.9. The third kappa shape index (κ3) is 3.25. The van der Waals surface area contributed by atoms with E-state index in [1.807, 2.05) is 25.3 Å². The van der Waals surface area contributed by atoms with E-state index < -0.39 is 5.91 Å². The molecule has 1 saturated heterocycles. The zero-order chi connectivity index (χ0) is 19.0. The van der Waals surface area contributed by atoms with Gasteiger partial charge in [0.2, 0.25) is 5.91 Å². The van der Waals surface area contributed by atoms with Gasteiger partial charge >= 0.3 is 0 Å². The predicted molar refractivity (Wildman–Crippen MR) is 109 cm³/mol. The molecule has 27 heavy (non-hydrogen) atoms.